The molecule has 0 unspecified atom stereocenters. The van der Waals surface area contributed by atoms with Crippen LogP contribution < -0.4 is 0 Å². The molecule has 13 heavy (non-hydrogen) atoms. The standard InChI is InChI=1S/C8H7ClN4/c9-1-2-12-3-4-13-8(12)5-7(6-10)11-13/h3-5H,1-2H2. The van der Waals surface area contributed by atoms with E-state index in [9.17, 15) is 0 Å². The van der Waals surface area contributed by atoms with E-state index in [1.54, 1.807) is 10.6 Å². The summed E-state index contributed by atoms with van der Waals surface area (Å²) in [5.74, 6) is 0.553. The summed E-state index contributed by atoms with van der Waals surface area (Å²) in [6.07, 6.45) is 3.70. The zero-order chi connectivity index (χ0) is 9.26. The summed E-state index contributed by atoms with van der Waals surface area (Å²) in [4.78, 5) is 0. The minimum absolute atomic E-state index is 0.430. The lowest BCUT2D eigenvalue weighted by Gasteiger charge is -1.96. The summed E-state index contributed by atoms with van der Waals surface area (Å²) in [6.45, 7) is 0.731. The molecule has 0 amide bonds. The molecule has 2 heterocycles. The number of aromatic nitrogens is 3. The van der Waals surface area contributed by atoms with Crippen LogP contribution in [0.25, 0.3) is 5.65 Å². The highest BCUT2D eigenvalue weighted by atomic mass is 35.5. The maximum atomic E-state index is 8.62. The van der Waals surface area contributed by atoms with E-state index in [-0.39, 0.29) is 0 Å². The number of alkyl halides is 1. The minimum Gasteiger partial charge on any atom is -0.330 e. The van der Waals surface area contributed by atoms with Crippen LogP contribution in [0.4, 0.5) is 0 Å². The summed E-state index contributed by atoms with van der Waals surface area (Å²) in [7, 11) is 0. The summed E-state index contributed by atoms with van der Waals surface area (Å²) in [5, 5.41) is 12.6. The molecule has 0 aromatic carbocycles. The molecule has 2 rings (SSSR count). The number of halogens is 1. The molecule has 0 saturated carbocycles. The van der Waals surface area contributed by atoms with E-state index in [0.717, 1.165) is 12.2 Å². The first-order valence-electron chi connectivity index (χ1n) is 3.85. The number of nitriles is 1. The molecule has 0 spiro atoms. The zero-order valence-corrected chi connectivity index (χ0v) is 7.57. The molecule has 0 atom stereocenters. The topological polar surface area (TPSA) is 46.0 Å². The van der Waals surface area contributed by atoms with E-state index < -0.39 is 0 Å². The second-order valence-corrected chi connectivity index (χ2v) is 3.00. The number of hydrogen-bond donors (Lipinski definition) is 0. The van der Waals surface area contributed by atoms with Crippen molar-refractivity contribution in [3.8, 4) is 6.07 Å². The average molecular weight is 195 g/mol. The SMILES string of the molecule is N#Cc1cc2n(CCCl)ccn2n1. The molecule has 0 aliphatic heterocycles. The summed E-state index contributed by atoms with van der Waals surface area (Å²) in [6, 6.07) is 3.74. The van der Waals surface area contributed by atoms with Crippen LogP contribution in [-0.4, -0.2) is 20.1 Å². The van der Waals surface area contributed by atoms with Gasteiger partial charge in [-0.05, 0) is 0 Å². The van der Waals surface area contributed by atoms with Gasteiger partial charge in [-0.1, -0.05) is 0 Å². The van der Waals surface area contributed by atoms with Crippen LogP contribution in [0.3, 0.4) is 0 Å². The lowest BCUT2D eigenvalue weighted by molar-refractivity contribution is 0.794. The van der Waals surface area contributed by atoms with Crippen molar-refractivity contribution in [3.05, 3.63) is 24.2 Å². The van der Waals surface area contributed by atoms with Gasteiger partial charge in [0, 0.05) is 30.9 Å². The van der Waals surface area contributed by atoms with E-state index in [2.05, 4.69) is 5.10 Å². The number of rotatable bonds is 2. The van der Waals surface area contributed by atoms with Gasteiger partial charge in [0.1, 0.15) is 11.7 Å². The summed E-state index contributed by atoms with van der Waals surface area (Å²) < 4.78 is 3.63. The molecule has 0 saturated heterocycles. The molecule has 0 bridgehead atoms. The maximum Gasteiger partial charge on any atom is 0.165 e. The predicted molar refractivity (Wildman–Crippen MR) is 48.6 cm³/mol. The fourth-order valence-electron chi connectivity index (χ4n) is 1.26. The van der Waals surface area contributed by atoms with E-state index in [4.69, 9.17) is 16.9 Å². The Balaban J connectivity index is 2.53. The van der Waals surface area contributed by atoms with Gasteiger partial charge in [0.15, 0.2) is 5.69 Å². The summed E-state index contributed by atoms with van der Waals surface area (Å²) in [5.41, 5.74) is 1.33. The van der Waals surface area contributed by atoms with Gasteiger partial charge in [-0.25, -0.2) is 4.52 Å². The Morgan fingerprint density at radius 3 is 3.08 bits per heavy atom. The van der Waals surface area contributed by atoms with Gasteiger partial charge in [0.2, 0.25) is 0 Å². The molecule has 0 aliphatic carbocycles. The molecule has 0 fully saturated rings. The van der Waals surface area contributed by atoms with Gasteiger partial charge >= 0.3 is 0 Å². The quantitative estimate of drug-likeness (QED) is 0.676. The number of hydrogen-bond acceptors (Lipinski definition) is 2. The first kappa shape index (κ1) is 8.14. The third-order valence-electron chi connectivity index (χ3n) is 1.84. The van der Waals surface area contributed by atoms with Gasteiger partial charge in [0.05, 0.1) is 0 Å². The first-order valence-corrected chi connectivity index (χ1v) is 4.39. The van der Waals surface area contributed by atoms with Crippen molar-refractivity contribution < 1.29 is 0 Å². The Hall–Kier alpha value is -1.47. The fourth-order valence-corrected chi connectivity index (χ4v) is 1.45. The molecule has 4 nitrogen and oxygen atoms in total. The number of nitrogens with zero attached hydrogens (tertiary/aromatic N) is 4. The number of imidazole rings is 1. The first-order chi connectivity index (χ1) is 6.35. The molecule has 66 valence electrons. The minimum atomic E-state index is 0.430. The van der Waals surface area contributed by atoms with Crippen molar-refractivity contribution in [2.24, 2.45) is 0 Å². The number of aryl methyl sites for hydroxylation is 1. The highest BCUT2D eigenvalue weighted by Gasteiger charge is 2.04. The molecule has 0 aliphatic rings. The summed E-state index contributed by atoms with van der Waals surface area (Å²) >= 11 is 5.62. The van der Waals surface area contributed by atoms with E-state index in [0.29, 0.717) is 11.6 Å². The average Bonchev–Trinajstić information content (AvgIpc) is 2.67. The van der Waals surface area contributed by atoms with Crippen molar-refractivity contribution in [1.29, 1.82) is 5.26 Å². The Labute approximate surface area is 79.9 Å². The van der Waals surface area contributed by atoms with Crippen molar-refractivity contribution in [2.75, 3.05) is 5.88 Å². The maximum absolute atomic E-state index is 8.62. The van der Waals surface area contributed by atoms with Crippen LogP contribution in [-0.2, 0) is 6.54 Å². The van der Waals surface area contributed by atoms with E-state index in [1.165, 1.54) is 0 Å². The van der Waals surface area contributed by atoms with Crippen molar-refractivity contribution in [1.82, 2.24) is 14.2 Å². The third-order valence-corrected chi connectivity index (χ3v) is 2.01. The van der Waals surface area contributed by atoms with Gasteiger partial charge < -0.3 is 4.57 Å². The second kappa shape index (κ2) is 3.11. The van der Waals surface area contributed by atoms with Crippen molar-refractivity contribution in [3.63, 3.8) is 0 Å². The monoisotopic (exact) mass is 194 g/mol. The van der Waals surface area contributed by atoms with Gasteiger partial charge in [-0.2, -0.15) is 10.4 Å². The smallest absolute Gasteiger partial charge is 0.165 e. The Bertz CT molecular complexity index is 462. The molecule has 0 N–H and O–H groups in total. The predicted octanol–water partition coefficient (Wildman–Crippen LogP) is 1.25. The van der Waals surface area contributed by atoms with E-state index in [1.807, 2.05) is 23.0 Å². The Morgan fingerprint density at radius 2 is 2.38 bits per heavy atom. The fraction of sp³-hybridized carbons (Fsp3) is 0.250. The highest BCUT2D eigenvalue weighted by molar-refractivity contribution is 6.17. The molecule has 0 radical (unpaired) electrons. The van der Waals surface area contributed by atoms with Crippen LogP contribution >= 0.6 is 11.6 Å². The normalized spacial score (nSPS) is 10.5. The Morgan fingerprint density at radius 1 is 1.54 bits per heavy atom. The lowest BCUT2D eigenvalue weighted by Crippen LogP contribution is -1.96. The molecule has 2 aromatic rings. The van der Waals surface area contributed by atoms with E-state index >= 15 is 0 Å². The van der Waals surface area contributed by atoms with Gasteiger partial charge in [0.25, 0.3) is 0 Å². The third kappa shape index (κ3) is 1.27. The van der Waals surface area contributed by atoms with Crippen molar-refractivity contribution in [2.45, 2.75) is 6.54 Å². The van der Waals surface area contributed by atoms with Crippen LogP contribution in [0.2, 0.25) is 0 Å². The van der Waals surface area contributed by atoms with Gasteiger partial charge in [-0.3, -0.25) is 0 Å². The molecule has 2 aromatic heterocycles. The molecular formula is C8H7ClN4. The lowest BCUT2D eigenvalue weighted by atomic mass is 10.5. The van der Waals surface area contributed by atoms with Crippen molar-refractivity contribution >= 4 is 17.2 Å². The van der Waals surface area contributed by atoms with Crippen LogP contribution in [0.5, 0.6) is 0 Å². The zero-order valence-electron chi connectivity index (χ0n) is 6.81. The van der Waals surface area contributed by atoms with Gasteiger partial charge in [-0.15, -0.1) is 11.6 Å². The van der Waals surface area contributed by atoms with Crippen LogP contribution in [0.1, 0.15) is 5.69 Å². The molecular weight excluding hydrogens is 188 g/mol. The van der Waals surface area contributed by atoms with Crippen LogP contribution in [0, 0.1) is 11.3 Å². The van der Waals surface area contributed by atoms with Crippen LogP contribution in [0.15, 0.2) is 18.5 Å². The largest absolute Gasteiger partial charge is 0.330 e. The number of fused-ring (bicyclic) bond motifs is 1. The highest BCUT2D eigenvalue weighted by Crippen LogP contribution is 2.07. The molecule has 5 heteroatoms. The second-order valence-electron chi connectivity index (χ2n) is 2.62. The Kier molecular flexibility index (Phi) is 1.95.